The van der Waals surface area contributed by atoms with Gasteiger partial charge in [0.2, 0.25) is 5.91 Å². The first-order valence-electron chi connectivity index (χ1n) is 6.46. The van der Waals surface area contributed by atoms with Gasteiger partial charge < -0.3 is 20.0 Å². The number of nitrogens with one attached hydrogen (secondary N) is 1. The molecule has 20 heavy (non-hydrogen) atoms. The molecule has 0 unspecified atom stereocenters. The van der Waals surface area contributed by atoms with Crippen molar-refractivity contribution in [2.75, 3.05) is 0 Å². The van der Waals surface area contributed by atoms with Gasteiger partial charge in [-0.15, -0.1) is 0 Å². The third kappa shape index (κ3) is 3.67. The van der Waals surface area contributed by atoms with Crippen LogP contribution in [0.25, 0.3) is 11.7 Å². The van der Waals surface area contributed by atoms with Crippen molar-refractivity contribution in [3.8, 4) is 11.7 Å². The molecule has 3 N–H and O–H groups in total. The number of hydrogen-bond acceptors (Lipinski definition) is 6. The van der Waals surface area contributed by atoms with Crippen molar-refractivity contribution in [2.45, 2.75) is 32.9 Å². The van der Waals surface area contributed by atoms with E-state index in [4.69, 9.17) is 14.7 Å². The van der Waals surface area contributed by atoms with E-state index in [0.29, 0.717) is 23.9 Å². The smallest absolute Gasteiger partial charge is 0.293 e. The number of furan rings is 1. The quantitative estimate of drug-likeness (QED) is 0.825. The van der Waals surface area contributed by atoms with Crippen molar-refractivity contribution in [3.63, 3.8) is 0 Å². The summed E-state index contributed by atoms with van der Waals surface area (Å²) in [6.45, 7) is 4.21. The Balaban J connectivity index is 1.87. The number of carbonyl (C=O) groups excluding carboxylic acids is 1. The molecular formula is C13H18N4O3. The Morgan fingerprint density at radius 2 is 2.30 bits per heavy atom. The molecule has 0 saturated heterocycles. The van der Waals surface area contributed by atoms with Crippen LogP contribution in [0.15, 0.2) is 27.3 Å². The van der Waals surface area contributed by atoms with Gasteiger partial charge in [0.1, 0.15) is 0 Å². The fraction of sp³-hybridized carbons (Fsp3) is 0.462. The highest BCUT2D eigenvalue weighted by atomic mass is 16.5. The zero-order valence-electron chi connectivity index (χ0n) is 11.5. The van der Waals surface area contributed by atoms with Gasteiger partial charge in [0.15, 0.2) is 11.6 Å². The highest BCUT2D eigenvalue weighted by molar-refractivity contribution is 5.81. The number of nitrogens with zero attached hydrogens (tertiary/aromatic N) is 2. The van der Waals surface area contributed by atoms with Crippen LogP contribution in [0, 0.1) is 5.92 Å². The van der Waals surface area contributed by atoms with E-state index in [-0.39, 0.29) is 18.3 Å². The van der Waals surface area contributed by atoms with Crippen molar-refractivity contribution in [3.05, 3.63) is 24.2 Å². The van der Waals surface area contributed by atoms with E-state index in [2.05, 4.69) is 15.5 Å². The standard InChI is InChI=1S/C13H18N4O3/c1-8(2)6-9(14)12(18)15-7-11-16-13(20-17-11)10-4-3-5-19-10/h3-5,8-9H,6-7,14H2,1-2H3,(H,15,18)/t9-/m1/s1. The Bertz CT molecular complexity index is 548. The second-order valence-electron chi connectivity index (χ2n) is 4.95. The molecule has 0 fully saturated rings. The third-order valence-corrected chi connectivity index (χ3v) is 2.68. The first-order chi connectivity index (χ1) is 9.56. The van der Waals surface area contributed by atoms with Crippen LogP contribution in [0.4, 0.5) is 0 Å². The topological polar surface area (TPSA) is 107 Å². The minimum absolute atomic E-state index is 0.175. The molecule has 0 aromatic carbocycles. The molecule has 1 amide bonds. The normalized spacial score (nSPS) is 12.6. The maximum atomic E-state index is 11.7. The fourth-order valence-corrected chi connectivity index (χ4v) is 1.74. The summed E-state index contributed by atoms with van der Waals surface area (Å²) in [5, 5.41) is 6.45. The lowest BCUT2D eigenvalue weighted by molar-refractivity contribution is -0.122. The number of hydrogen-bond donors (Lipinski definition) is 2. The molecular weight excluding hydrogens is 260 g/mol. The van der Waals surface area contributed by atoms with Gasteiger partial charge in [-0.2, -0.15) is 4.98 Å². The van der Waals surface area contributed by atoms with Gasteiger partial charge in [-0.25, -0.2) is 0 Å². The lowest BCUT2D eigenvalue weighted by atomic mass is 10.0. The molecule has 0 spiro atoms. The van der Waals surface area contributed by atoms with Gasteiger partial charge in [0.25, 0.3) is 5.89 Å². The van der Waals surface area contributed by atoms with Gasteiger partial charge in [-0.3, -0.25) is 4.79 Å². The highest BCUT2D eigenvalue weighted by Crippen LogP contribution is 2.16. The van der Waals surface area contributed by atoms with E-state index < -0.39 is 6.04 Å². The van der Waals surface area contributed by atoms with E-state index >= 15 is 0 Å². The molecule has 0 aliphatic rings. The summed E-state index contributed by atoms with van der Waals surface area (Å²) in [5.41, 5.74) is 5.77. The molecule has 0 aliphatic carbocycles. The number of carbonyl (C=O) groups is 1. The van der Waals surface area contributed by atoms with Gasteiger partial charge in [-0.1, -0.05) is 19.0 Å². The maximum absolute atomic E-state index is 11.7. The summed E-state index contributed by atoms with van der Waals surface area (Å²) in [5.74, 6) is 1.30. The van der Waals surface area contributed by atoms with Crippen molar-refractivity contribution >= 4 is 5.91 Å². The van der Waals surface area contributed by atoms with E-state index in [1.807, 2.05) is 13.8 Å². The Hall–Kier alpha value is -2.15. The van der Waals surface area contributed by atoms with Crippen LogP contribution in [-0.4, -0.2) is 22.1 Å². The largest absolute Gasteiger partial charge is 0.459 e. The number of rotatable bonds is 6. The van der Waals surface area contributed by atoms with Crippen LogP contribution in [0.2, 0.25) is 0 Å². The van der Waals surface area contributed by atoms with Crippen molar-refractivity contribution in [1.82, 2.24) is 15.5 Å². The Morgan fingerprint density at radius 1 is 1.50 bits per heavy atom. The second kappa shape index (κ2) is 6.33. The summed E-state index contributed by atoms with van der Waals surface area (Å²) < 4.78 is 10.2. The average Bonchev–Trinajstić information content (AvgIpc) is 3.05. The summed E-state index contributed by atoms with van der Waals surface area (Å²) >= 11 is 0. The summed E-state index contributed by atoms with van der Waals surface area (Å²) in [6, 6.07) is 2.92. The molecule has 2 aromatic rings. The number of nitrogens with two attached hydrogens (primary N) is 1. The Morgan fingerprint density at radius 3 is 2.95 bits per heavy atom. The first kappa shape index (κ1) is 14.3. The van der Waals surface area contributed by atoms with E-state index in [0.717, 1.165) is 0 Å². The predicted molar refractivity (Wildman–Crippen MR) is 71.3 cm³/mol. The molecule has 0 saturated carbocycles. The zero-order chi connectivity index (χ0) is 14.5. The Labute approximate surface area is 116 Å². The molecule has 2 aromatic heterocycles. The zero-order valence-corrected chi connectivity index (χ0v) is 11.5. The van der Waals surface area contributed by atoms with Gasteiger partial charge in [-0.05, 0) is 24.5 Å². The number of amides is 1. The van der Waals surface area contributed by atoms with Gasteiger partial charge in [0, 0.05) is 0 Å². The maximum Gasteiger partial charge on any atom is 0.293 e. The van der Waals surface area contributed by atoms with Crippen LogP contribution >= 0.6 is 0 Å². The first-order valence-corrected chi connectivity index (χ1v) is 6.46. The van der Waals surface area contributed by atoms with E-state index in [9.17, 15) is 4.79 Å². The lowest BCUT2D eigenvalue weighted by Gasteiger charge is -2.12. The van der Waals surface area contributed by atoms with Crippen LogP contribution in [0.1, 0.15) is 26.1 Å². The molecule has 0 bridgehead atoms. The lowest BCUT2D eigenvalue weighted by Crippen LogP contribution is -2.41. The highest BCUT2D eigenvalue weighted by Gasteiger charge is 2.16. The average molecular weight is 278 g/mol. The molecule has 1 atom stereocenters. The van der Waals surface area contributed by atoms with E-state index in [1.165, 1.54) is 6.26 Å². The predicted octanol–water partition coefficient (Wildman–Crippen LogP) is 1.32. The van der Waals surface area contributed by atoms with Crippen molar-refractivity contribution < 1.29 is 13.7 Å². The molecule has 2 rings (SSSR count). The summed E-state index contributed by atoms with van der Waals surface area (Å²) in [6.07, 6.45) is 2.15. The molecule has 0 aliphatic heterocycles. The summed E-state index contributed by atoms with van der Waals surface area (Å²) in [7, 11) is 0. The van der Waals surface area contributed by atoms with E-state index in [1.54, 1.807) is 12.1 Å². The van der Waals surface area contributed by atoms with Crippen LogP contribution in [-0.2, 0) is 11.3 Å². The molecule has 0 radical (unpaired) electrons. The van der Waals surface area contributed by atoms with Crippen LogP contribution in [0.3, 0.4) is 0 Å². The fourth-order valence-electron chi connectivity index (χ4n) is 1.74. The molecule has 108 valence electrons. The number of aromatic nitrogens is 2. The van der Waals surface area contributed by atoms with Crippen molar-refractivity contribution in [2.24, 2.45) is 11.7 Å². The van der Waals surface area contributed by atoms with Gasteiger partial charge in [0.05, 0.1) is 18.8 Å². The van der Waals surface area contributed by atoms with Gasteiger partial charge >= 0.3 is 0 Å². The second-order valence-corrected chi connectivity index (χ2v) is 4.95. The minimum atomic E-state index is -0.522. The van der Waals surface area contributed by atoms with Crippen LogP contribution < -0.4 is 11.1 Å². The third-order valence-electron chi connectivity index (χ3n) is 2.68. The molecule has 2 heterocycles. The minimum Gasteiger partial charge on any atom is -0.459 e. The summed E-state index contributed by atoms with van der Waals surface area (Å²) in [4.78, 5) is 15.9. The van der Waals surface area contributed by atoms with Crippen LogP contribution in [0.5, 0.6) is 0 Å². The molecule has 7 nitrogen and oxygen atoms in total. The Kier molecular flexibility index (Phi) is 4.52. The van der Waals surface area contributed by atoms with Crippen molar-refractivity contribution in [1.29, 1.82) is 0 Å². The SMILES string of the molecule is CC(C)C[C@@H](N)C(=O)NCc1noc(-c2ccco2)n1. The monoisotopic (exact) mass is 278 g/mol. The molecule has 7 heteroatoms.